The first-order valence-electron chi connectivity index (χ1n) is 5.36. The van der Waals surface area contributed by atoms with Crippen LogP contribution in [-0.4, -0.2) is 26.0 Å². The van der Waals surface area contributed by atoms with Crippen LogP contribution in [0.5, 0.6) is 0 Å². The van der Waals surface area contributed by atoms with Crippen LogP contribution >= 0.6 is 11.6 Å². The van der Waals surface area contributed by atoms with Gasteiger partial charge in [-0.05, 0) is 19.9 Å². The lowest BCUT2D eigenvalue weighted by molar-refractivity contribution is -0.384. The molecule has 7 nitrogen and oxygen atoms in total. The van der Waals surface area contributed by atoms with Crippen molar-refractivity contribution in [2.24, 2.45) is 5.10 Å². The summed E-state index contributed by atoms with van der Waals surface area (Å²) in [7, 11) is 0. The van der Waals surface area contributed by atoms with Gasteiger partial charge in [0.05, 0.1) is 11.1 Å². The van der Waals surface area contributed by atoms with Crippen LogP contribution in [0.25, 0.3) is 0 Å². The van der Waals surface area contributed by atoms with E-state index >= 15 is 0 Å². The molecule has 98 valence electrons. The molecule has 0 spiro atoms. The lowest BCUT2D eigenvalue weighted by Crippen LogP contribution is -1.97. The zero-order valence-electron chi connectivity index (χ0n) is 10.2. The first kappa shape index (κ1) is 13.2. The first-order valence-corrected chi connectivity index (χ1v) is 5.74. The molecule has 0 aliphatic carbocycles. The summed E-state index contributed by atoms with van der Waals surface area (Å²) < 4.78 is 1.54. The third kappa shape index (κ3) is 2.76. The van der Waals surface area contributed by atoms with Crippen molar-refractivity contribution in [3.8, 4) is 0 Å². The third-order valence-electron chi connectivity index (χ3n) is 2.44. The average molecular weight is 280 g/mol. The van der Waals surface area contributed by atoms with E-state index < -0.39 is 4.92 Å². The maximum atomic E-state index is 10.8. The first-order chi connectivity index (χ1) is 8.99. The minimum atomic E-state index is -0.533. The van der Waals surface area contributed by atoms with Crippen LogP contribution in [-0.2, 0) is 0 Å². The largest absolute Gasteiger partial charge is 0.288 e. The van der Waals surface area contributed by atoms with Gasteiger partial charge in [-0.1, -0.05) is 17.7 Å². The number of hydrogen-bond donors (Lipinski definition) is 0. The van der Waals surface area contributed by atoms with Crippen LogP contribution in [0, 0.1) is 24.0 Å². The van der Waals surface area contributed by atoms with Gasteiger partial charge in [-0.3, -0.25) is 10.1 Å². The molecule has 0 N–H and O–H groups in total. The third-order valence-corrected chi connectivity index (χ3v) is 2.76. The molecule has 2 aromatic rings. The second-order valence-corrected chi connectivity index (χ2v) is 4.23. The van der Waals surface area contributed by atoms with Crippen LogP contribution in [0.2, 0.25) is 5.02 Å². The highest BCUT2D eigenvalue weighted by Gasteiger charge is 2.12. The summed E-state index contributed by atoms with van der Waals surface area (Å²) in [6.07, 6.45) is 1.49. The van der Waals surface area contributed by atoms with Gasteiger partial charge in [-0.2, -0.15) is 5.10 Å². The Balaban J connectivity index is 2.34. The van der Waals surface area contributed by atoms with Gasteiger partial charge in [-0.15, -0.1) is 10.2 Å². The van der Waals surface area contributed by atoms with Crippen molar-refractivity contribution in [2.45, 2.75) is 13.8 Å². The molecule has 0 atom stereocenters. The standard InChI is InChI=1S/C11H10ClN5O2/c1-7-14-15-8(2)16(7)13-6-9-3-4-10(12)11(5-9)17(18)19/h3-6H,1-2H3/b13-6+. The van der Waals surface area contributed by atoms with Gasteiger partial charge in [0, 0.05) is 11.6 Å². The number of nitrogens with zero attached hydrogens (tertiary/aromatic N) is 5. The molecular formula is C11H10ClN5O2. The fraction of sp³-hybridized carbons (Fsp3) is 0.182. The summed E-state index contributed by atoms with van der Waals surface area (Å²) >= 11 is 5.73. The molecule has 0 aliphatic rings. The molecule has 1 aromatic heterocycles. The second kappa shape index (κ2) is 5.15. The molecule has 1 heterocycles. The Kier molecular flexibility index (Phi) is 3.57. The molecule has 0 unspecified atom stereocenters. The van der Waals surface area contributed by atoms with Gasteiger partial charge in [-0.25, -0.2) is 4.68 Å². The highest BCUT2D eigenvalue weighted by molar-refractivity contribution is 6.32. The molecule has 0 aliphatic heterocycles. The van der Waals surface area contributed by atoms with E-state index in [1.807, 2.05) is 0 Å². The maximum Gasteiger partial charge on any atom is 0.288 e. The Morgan fingerprint density at radius 1 is 1.37 bits per heavy atom. The zero-order chi connectivity index (χ0) is 14.0. The summed E-state index contributed by atoms with van der Waals surface area (Å²) in [6.45, 7) is 3.53. The van der Waals surface area contributed by atoms with Crippen molar-refractivity contribution in [1.29, 1.82) is 0 Å². The summed E-state index contributed by atoms with van der Waals surface area (Å²) in [5.41, 5.74) is 0.423. The van der Waals surface area contributed by atoms with Gasteiger partial charge in [0.1, 0.15) is 5.02 Å². The minimum Gasteiger partial charge on any atom is -0.258 e. The number of nitro benzene ring substituents is 1. The topological polar surface area (TPSA) is 86.2 Å². The predicted molar refractivity (Wildman–Crippen MR) is 70.6 cm³/mol. The number of aromatic nitrogens is 3. The van der Waals surface area contributed by atoms with Gasteiger partial charge >= 0.3 is 0 Å². The minimum absolute atomic E-state index is 0.0961. The van der Waals surface area contributed by atoms with E-state index in [9.17, 15) is 10.1 Å². The molecule has 19 heavy (non-hydrogen) atoms. The van der Waals surface area contributed by atoms with E-state index in [0.29, 0.717) is 17.2 Å². The highest BCUT2D eigenvalue weighted by atomic mass is 35.5. The lowest BCUT2D eigenvalue weighted by atomic mass is 10.2. The van der Waals surface area contributed by atoms with Crippen molar-refractivity contribution in [3.05, 3.63) is 50.5 Å². The van der Waals surface area contributed by atoms with Crippen molar-refractivity contribution in [2.75, 3.05) is 0 Å². The number of rotatable bonds is 3. The Bertz CT molecular complexity index is 646. The van der Waals surface area contributed by atoms with Crippen molar-refractivity contribution in [1.82, 2.24) is 14.9 Å². The quantitative estimate of drug-likeness (QED) is 0.490. The number of aryl methyl sites for hydroxylation is 2. The fourth-order valence-electron chi connectivity index (χ4n) is 1.51. The molecule has 0 amide bonds. The van der Waals surface area contributed by atoms with E-state index in [1.165, 1.54) is 18.3 Å². The lowest BCUT2D eigenvalue weighted by Gasteiger charge is -1.99. The summed E-state index contributed by atoms with van der Waals surface area (Å²) in [5, 5.41) is 22.7. The number of hydrogen-bond acceptors (Lipinski definition) is 5. The van der Waals surface area contributed by atoms with Crippen LogP contribution in [0.3, 0.4) is 0 Å². The predicted octanol–water partition coefficient (Wildman–Crippen LogP) is 2.34. The molecule has 2 rings (SSSR count). The average Bonchev–Trinajstić information content (AvgIpc) is 2.68. The van der Waals surface area contributed by atoms with Crippen LogP contribution in [0.1, 0.15) is 17.2 Å². The summed E-state index contributed by atoms with van der Waals surface area (Å²) in [4.78, 5) is 10.2. The normalized spacial score (nSPS) is 11.1. The monoisotopic (exact) mass is 279 g/mol. The summed E-state index contributed by atoms with van der Waals surface area (Å²) in [5.74, 6) is 1.27. The van der Waals surface area contributed by atoms with E-state index in [4.69, 9.17) is 11.6 Å². The summed E-state index contributed by atoms with van der Waals surface area (Å²) in [6, 6.07) is 4.47. The molecule has 0 radical (unpaired) electrons. The second-order valence-electron chi connectivity index (χ2n) is 3.82. The molecule has 8 heteroatoms. The van der Waals surface area contributed by atoms with E-state index in [0.717, 1.165) is 0 Å². The van der Waals surface area contributed by atoms with Crippen molar-refractivity contribution >= 4 is 23.5 Å². The van der Waals surface area contributed by atoms with Crippen LogP contribution in [0.4, 0.5) is 5.69 Å². The van der Waals surface area contributed by atoms with Gasteiger partial charge < -0.3 is 0 Å². The number of benzene rings is 1. The smallest absolute Gasteiger partial charge is 0.258 e. The van der Waals surface area contributed by atoms with E-state index in [1.54, 1.807) is 24.6 Å². The van der Waals surface area contributed by atoms with Crippen molar-refractivity contribution < 1.29 is 4.92 Å². The molecular weight excluding hydrogens is 270 g/mol. The number of halogens is 1. The molecule has 0 saturated carbocycles. The van der Waals surface area contributed by atoms with E-state index in [-0.39, 0.29) is 10.7 Å². The molecule has 0 saturated heterocycles. The van der Waals surface area contributed by atoms with Gasteiger partial charge in [0.25, 0.3) is 5.69 Å². The molecule has 0 fully saturated rings. The van der Waals surface area contributed by atoms with Crippen LogP contribution in [0.15, 0.2) is 23.3 Å². The highest BCUT2D eigenvalue weighted by Crippen LogP contribution is 2.24. The molecule has 0 bridgehead atoms. The Hall–Kier alpha value is -2.28. The SMILES string of the molecule is Cc1nnc(C)n1/N=C/c1ccc(Cl)c([N+](=O)[O-])c1. The zero-order valence-corrected chi connectivity index (χ0v) is 11.0. The van der Waals surface area contributed by atoms with Gasteiger partial charge in [0.2, 0.25) is 0 Å². The Morgan fingerprint density at radius 3 is 2.58 bits per heavy atom. The maximum absolute atomic E-state index is 10.8. The number of nitro groups is 1. The molecule has 1 aromatic carbocycles. The Morgan fingerprint density at radius 2 is 2.00 bits per heavy atom. The van der Waals surface area contributed by atoms with E-state index in [2.05, 4.69) is 15.3 Å². The Labute approximate surface area is 113 Å². The van der Waals surface area contributed by atoms with Crippen LogP contribution < -0.4 is 0 Å². The van der Waals surface area contributed by atoms with Crippen molar-refractivity contribution in [3.63, 3.8) is 0 Å². The fourth-order valence-corrected chi connectivity index (χ4v) is 1.69. The van der Waals surface area contributed by atoms with Gasteiger partial charge in [0.15, 0.2) is 11.6 Å².